The fourth-order valence-electron chi connectivity index (χ4n) is 3.96. The van der Waals surface area contributed by atoms with Crippen molar-refractivity contribution in [2.45, 2.75) is 37.6 Å². The first-order valence-corrected chi connectivity index (χ1v) is 9.80. The Morgan fingerprint density at radius 3 is 2.28 bits per heavy atom. The third-order valence-electron chi connectivity index (χ3n) is 5.61. The number of carbonyl (C=O) groups is 2. The van der Waals surface area contributed by atoms with Gasteiger partial charge in [-0.2, -0.15) is 0 Å². The van der Waals surface area contributed by atoms with Crippen molar-refractivity contribution >= 4 is 11.6 Å². The Morgan fingerprint density at radius 1 is 0.938 bits per heavy atom. The SMILES string of the molecule is COc1cc(O)c2c(c1)C(=O)c1cc(C)cc(O[C@@H]3O[C@H](CO)[C@H](O)[C@@H](O)[C@H]3O)c1C2=O. The molecule has 0 radical (unpaired) electrons. The number of aliphatic hydroxyl groups is 4. The molecule has 4 rings (SSSR count). The highest BCUT2D eigenvalue weighted by Crippen LogP contribution is 2.40. The molecule has 2 aromatic carbocycles. The number of hydrogen-bond acceptors (Lipinski definition) is 10. The topological polar surface area (TPSA) is 163 Å². The summed E-state index contributed by atoms with van der Waals surface area (Å²) in [4.78, 5) is 26.5. The zero-order valence-corrected chi connectivity index (χ0v) is 17.2. The van der Waals surface area contributed by atoms with E-state index in [9.17, 15) is 35.1 Å². The Hall–Kier alpha value is -3.02. The number of phenols is 1. The van der Waals surface area contributed by atoms with Crippen LogP contribution in [0.3, 0.4) is 0 Å². The zero-order valence-electron chi connectivity index (χ0n) is 17.2. The number of aryl methyl sites for hydroxylation is 1. The first kappa shape index (κ1) is 22.2. The molecule has 32 heavy (non-hydrogen) atoms. The molecule has 0 unspecified atom stereocenters. The van der Waals surface area contributed by atoms with Gasteiger partial charge in [0.25, 0.3) is 0 Å². The van der Waals surface area contributed by atoms with Crippen molar-refractivity contribution in [2.24, 2.45) is 0 Å². The fourth-order valence-corrected chi connectivity index (χ4v) is 3.96. The van der Waals surface area contributed by atoms with E-state index >= 15 is 0 Å². The van der Waals surface area contributed by atoms with Gasteiger partial charge < -0.3 is 39.7 Å². The van der Waals surface area contributed by atoms with Crippen LogP contribution in [0.15, 0.2) is 24.3 Å². The van der Waals surface area contributed by atoms with Gasteiger partial charge in [-0.1, -0.05) is 0 Å². The van der Waals surface area contributed by atoms with Gasteiger partial charge >= 0.3 is 0 Å². The highest BCUT2D eigenvalue weighted by Gasteiger charge is 2.45. The van der Waals surface area contributed by atoms with Gasteiger partial charge in [0, 0.05) is 17.2 Å². The normalized spacial score (nSPS) is 27.0. The average Bonchev–Trinajstić information content (AvgIpc) is 2.76. The van der Waals surface area contributed by atoms with Gasteiger partial charge in [-0.3, -0.25) is 9.59 Å². The van der Waals surface area contributed by atoms with Crippen molar-refractivity contribution in [2.75, 3.05) is 13.7 Å². The molecular weight excluding hydrogens is 424 g/mol. The van der Waals surface area contributed by atoms with Crippen molar-refractivity contribution in [3.63, 3.8) is 0 Å². The predicted molar refractivity (Wildman–Crippen MR) is 107 cm³/mol. The van der Waals surface area contributed by atoms with E-state index in [1.165, 1.54) is 31.4 Å². The van der Waals surface area contributed by atoms with E-state index in [1.807, 2.05) is 0 Å². The molecule has 0 amide bonds. The van der Waals surface area contributed by atoms with Crippen molar-refractivity contribution in [3.05, 3.63) is 52.1 Å². The minimum atomic E-state index is -1.71. The maximum atomic E-state index is 13.3. The molecule has 1 fully saturated rings. The summed E-state index contributed by atoms with van der Waals surface area (Å²) >= 11 is 0. The summed E-state index contributed by atoms with van der Waals surface area (Å²) in [6.07, 6.45) is -7.73. The lowest BCUT2D eigenvalue weighted by molar-refractivity contribution is -0.277. The summed E-state index contributed by atoms with van der Waals surface area (Å²) in [6.45, 7) is 1.01. The van der Waals surface area contributed by atoms with Crippen LogP contribution < -0.4 is 9.47 Å². The number of aromatic hydroxyl groups is 1. The molecule has 0 aromatic heterocycles. The number of ketones is 2. The molecule has 0 saturated carbocycles. The molecule has 1 heterocycles. The quantitative estimate of drug-likeness (QED) is 0.358. The van der Waals surface area contributed by atoms with Crippen LogP contribution in [0.2, 0.25) is 0 Å². The Kier molecular flexibility index (Phi) is 5.65. The number of benzene rings is 2. The van der Waals surface area contributed by atoms with E-state index in [0.29, 0.717) is 5.56 Å². The van der Waals surface area contributed by atoms with Crippen LogP contribution in [-0.2, 0) is 4.74 Å². The summed E-state index contributed by atoms with van der Waals surface area (Å²) in [6, 6.07) is 5.51. The van der Waals surface area contributed by atoms with Crippen molar-refractivity contribution < 1.29 is 49.3 Å². The number of rotatable bonds is 4. The van der Waals surface area contributed by atoms with Gasteiger partial charge in [-0.15, -0.1) is 0 Å². The van der Waals surface area contributed by atoms with E-state index in [2.05, 4.69) is 0 Å². The molecule has 5 N–H and O–H groups in total. The van der Waals surface area contributed by atoms with Gasteiger partial charge in [0.05, 0.1) is 24.8 Å². The minimum absolute atomic E-state index is 0.0229. The number of ether oxygens (including phenoxy) is 3. The molecule has 0 spiro atoms. The maximum absolute atomic E-state index is 13.3. The van der Waals surface area contributed by atoms with Crippen molar-refractivity contribution in [1.29, 1.82) is 0 Å². The highest BCUT2D eigenvalue weighted by atomic mass is 16.7. The molecular formula is C22H22O10. The third kappa shape index (κ3) is 3.42. The van der Waals surface area contributed by atoms with E-state index in [0.717, 1.165) is 0 Å². The molecule has 10 nitrogen and oxygen atoms in total. The van der Waals surface area contributed by atoms with Gasteiger partial charge in [0.15, 0.2) is 5.78 Å². The van der Waals surface area contributed by atoms with Crippen LogP contribution in [-0.4, -0.2) is 81.5 Å². The van der Waals surface area contributed by atoms with Gasteiger partial charge in [0.1, 0.15) is 41.7 Å². The molecule has 5 atom stereocenters. The molecule has 0 bridgehead atoms. The Morgan fingerprint density at radius 2 is 1.62 bits per heavy atom. The van der Waals surface area contributed by atoms with Gasteiger partial charge in [0.2, 0.25) is 12.1 Å². The van der Waals surface area contributed by atoms with Crippen LogP contribution in [0.1, 0.15) is 37.4 Å². The van der Waals surface area contributed by atoms with Crippen LogP contribution in [0.5, 0.6) is 17.2 Å². The number of methoxy groups -OCH3 is 1. The summed E-state index contributed by atoms with van der Waals surface area (Å²) in [5.41, 5.74) is 0.190. The summed E-state index contributed by atoms with van der Waals surface area (Å²) in [5.74, 6) is -1.58. The van der Waals surface area contributed by atoms with Crippen molar-refractivity contribution in [1.82, 2.24) is 0 Å². The van der Waals surface area contributed by atoms with E-state index in [1.54, 1.807) is 6.92 Å². The summed E-state index contributed by atoms with van der Waals surface area (Å²) < 4.78 is 16.1. The highest BCUT2D eigenvalue weighted by molar-refractivity contribution is 6.30. The Labute approximate surface area is 182 Å². The lowest BCUT2D eigenvalue weighted by Crippen LogP contribution is -2.60. The fraction of sp³-hybridized carbons (Fsp3) is 0.364. The maximum Gasteiger partial charge on any atom is 0.229 e. The molecule has 170 valence electrons. The zero-order chi connectivity index (χ0) is 23.3. The molecule has 2 aliphatic rings. The first-order chi connectivity index (χ1) is 15.2. The second kappa shape index (κ2) is 8.15. The molecule has 10 heteroatoms. The largest absolute Gasteiger partial charge is 0.507 e. The summed E-state index contributed by atoms with van der Waals surface area (Å²) in [5, 5.41) is 50.0. The molecule has 1 saturated heterocycles. The Bertz CT molecular complexity index is 1090. The monoisotopic (exact) mass is 446 g/mol. The molecule has 2 aromatic rings. The lowest BCUT2D eigenvalue weighted by atomic mass is 9.82. The smallest absolute Gasteiger partial charge is 0.229 e. The van der Waals surface area contributed by atoms with Gasteiger partial charge in [-0.25, -0.2) is 0 Å². The molecule has 1 aliphatic heterocycles. The van der Waals surface area contributed by atoms with E-state index < -0.39 is 54.6 Å². The predicted octanol–water partition coefficient (Wildman–Crippen LogP) is -0.337. The van der Waals surface area contributed by atoms with Crippen molar-refractivity contribution in [3.8, 4) is 17.2 Å². The van der Waals surface area contributed by atoms with Crippen LogP contribution in [0.25, 0.3) is 0 Å². The van der Waals surface area contributed by atoms with Gasteiger partial charge in [-0.05, 0) is 30.7 Å². The second-order valence-corrected chi connectivity index (χ2v) is 7.73. The third-order valence-corrected chi connectivity index (χ3v) is 5.61. The number of carbonyl (C=O) groups excluding carboxylic acids is 2. The number of phenolic OH excluding ortho intramolecular Hbond substituents is 1. The van der Waals surface area contributed by atoms with Crippen LogP contribution >= 0.6 is 0 Å². The number of fused-ring (bicyclic) bond motifs is 2. The first-order valence-electron chi connectivity index (χ1n) is 9.80. The Balaban J connectivity index is 1.79. The lowest BCUT2D eigenvalue weighted by Gasteiger charge is -2.39. The minimum Gasteiger partial charge on any atom is -0.507 e. The van der Waals surface area contributed by atoms with E-state index in [-0.39, 0.29) is 33.8 Å². The average molecular weight is 446 g/mol. The molecule has 1 aliphatic carbocycles. The standard InChI is InChI=1S/C22H22O10/c1-8-3-10-16(19(27)15-11(17(10)25)5-9(30-2)6-12(15)24)13(4-8)31-22-21(29)20(28)18(26)14(7-23)32-22/h3-6,14,18,20-24,26,28-29H,7H2,1-2H3/t14-,18+,20-,21-,22-/m1/s1. The van der Waals surface area contributed by atoms with Crippen LogP contribution in [0.4, 0.5) is 0 Å². The van der Waals surface area contributed by atoms with E-state index in [4.69, 9.17) is 14.2 Å². The van der Waals surface area contributed by atoms with Crippen LogP contribution in [0, 0.1) is 6.92 Å². The number of aliphatic hydroxyl groups excluding tert-OH is 4. The number of hydrogen-bond donors (Lipinski definition) is 5. The second-order valence-electron chi connectivity index (χ2n) is 7.73. The summed E-state index contributed by atoms with van der Waals surface area (Å²) in [7, 11) is 1.36.